The zero-order chi connectivity index (χ0) is 16.1. The first-order chi connectivity index (χ1) is 10.5. The number of hydrogen-bond donors (Lipinski definition) is 1. The minimum atomic E-state index is -0.419. The molecule has 0 radical (unpaired) electrons. The van der Waals surface area contributed by atoms with E-state index in [0.29, 0.717) is 15.6 Å². The Balaban J connectivity index is 2.32. The Bertz CT molecular complexity index is 664. The van der Waals surface area contributed by atoms with Crippen LogP contribution in [-0.2, 0) is 14.3 Å². The van der Waals surface area contributed by atoms with E-state index in [-0.39, 0.29) is 24.0 Å². The fourth-order valence-electron chi connectivity index (χ4n) is 2.10. The van der Waals surface area contributed by atoms with Crippen LogP contribution < -0.4 is 5.32 Å². The highest BCUT2D eigenvalue weighted by Crippen LogP contribution is 2.36. The van der Waals surface area contributed by atoms with E-state index in [0.717, 1.165) is 17.3 Å². The van der Waals surface area contributed by atoms with Crippen LogP contribution in [0.15, 0.2) is 34.9 Å². The molecule has 1 aromatic rings. The molecule has 0 bridgehead atoms. The van der Waals surface area contributed by atoms with Crippen molar-refractivity contribution in [3.8, 4) is 6.07 Å². The molecule has 0 fully saturated rings. The van der Waals surface area contributed by atoms with E-state index in [1.165, 1.54) is 7.11 Å². The van der Waals surface area contributed by atoms with E-state index in [1.807, 2.05) is 0 Å². The Labute approximate surface area is 137 Å². The molecule has 1 unspecified atom stereocenters. The fraction of sp³-hybridized carbons (Fsp3) is 0.267. The molecule has 1 N–H and O–H groups in total. The van der Waals surface area contributed by atoms with Crippen LogP contribution in [0.25, 0.3) is 0 Å². The van der Waals surface area contributed by atoms with Crippen molar-refractivity contribution in [3.05, 3.63) is 45.5 Å². The van der Waals surface area contributed by atoms with Gasteiger partial charge in [0.2, 0.25) is 5.91 Å². The van der Waals surface area contributed by atoms with Gasteiger partial charge in [-0.3, -0.25) is 9.59 Å². The van der Waals surface area contributed by atoms with Gasteiger partial charge in [0.25, 0.3) is 0 Å². The largest absolute Gasteiger partial charge is 0.468 e. The number of thioether (sulfide) groups is 1. The summed E-state index contributed by atoms with van der Waals surface area (Å²) in [6.45, 7) is 0. The second-order valence-corrected chi connectivity index (χ2v) is 6.00. The lowest BCUT2D eigenvalue weighted by molar-refractivity contribution is -0.137. The van der Waals surface area contributed by atoms with Crippen LogP contribution in [0.2, 0.25) is 5.02 Å². The second-order valence-electron chi connectivity index (χ2n) is 4.58. The van der Waals surface area contributed by atoms with Crippen LogP contribution in [0, 0.1) is 11.3 Å². The molecule has 114 valence electrons. The summed E-state index contributed by atoms with van der Waals surface area (Å²) in [4.78, 5) is 23.1. The standard InChI is InChI=1S/C15H13ClN2O3S/c1-21-14(20)8-22-15-12(7-17)11(6-13(19)18-15)9-2-4-10(16)5-3-9/h2-5,11H,6,8H2,1H3,(H,18,19). The molecule has 1 aliphatic heterocycles. The Hall–Kier alpha value is -1.97. The summed E-state index contributed by atoms with van der Waals surface area (Å²) < 4.78 is 4.57. The van der Waals surface area contributed by atoms with Crippen LogP contribution in [0.3, 0.4) is 0 Å². The summed E-state index contributed by atoms with van der Waals surface area (Å²) in [7, 11) is 1.29. The van der Waals surface area contributed by atoms with Crippen LogP contribution >= 0.6 is 23.4 Å². The fourth-order valence-corrected chi connectivity index (χ4v) is 3.14. The van der Waals surface area contributed by atoms with E-state index >= 15 is 0 Å². The quantitative estimate of drug-likeness (QED) is 0.855. The van der Waals surface area contributed by atoms with Gasteiger partial charge in [-0.1, -0.05) is 35.5 Å². The summed E-state index contributed by atoms with van der Waals surface area (Å²) in [6, 6.07) is 9.18. The summed E-state index contributed by atoms with van der Waals surface area (Å²) >= 11 is 6.96. The maximum absolute atomic E-state index is 11.9. The number of ether oxygens (including phenoxy) is 1. The average molecular weight is 337 g/mol. The number of allylic oxidation sites excluding steroid dienone is 1. The van der Waals surface area contributed by atoms with Gasteiger partial charge in [0.1, 0.15) is 0 Å². The number of nitrogens with one attached hydrogen (secondary N) is 1. The molecular weight excluding hydrogens is 324 g/mol. The highest BCUT2D eigenvalue weighted by atomic mass is 35.5. The summed E-state index contributed by atoms with van der Waals surface area (Å²) in [5, 5.41) is 13.1. The molecule has 2 rings (SSSR count). The number of hydrogen-bond acceptors (Lipinski definition) is 5. The molecule has 0 saturated carbocycles. The van der Waals surface area contributed by atoms with Gasteiger partial charge in [-0.15, -0.1) is 0 Å². The minimum Gasteiger partial charge on any atom is -0.468 e. The second kappa shape index (κ2) is 7.34. The molecule has 5 nitrogen and oxygen atoms in total. The van der Waals surface area contributed by atoms with Gasteiger partial charge in [-0.2, -0.15) is 5.26 Å². The predicted molar refractivity (Wildman–Crippen MR) is 84.1 cm³/mol. The first-order valence-corrected chi connectivity index (χ1v) is 7.80. The zero-order valence-corrected chi connectivity index (χ0v) is 13.3. The van der Waals surface area contributed by atoms with Crippen molar-refractivity contribution in [1.82, 2.24) is 5.32 Å². The molecule has 0 aliphatic carbocycles. The van der Waals surface area contributed by atoms with Gasteiger partial charge < -0.3 is 10.1 Å². The van der Waals surface area contributed by atoms with Crippen LogP contribution in [0.4, 0.5) is 0 Å². The van der Waals surface area contributed by atoms with Crippen molar-refractivity contribution >= 4 is 35.2 Å². The van der Waals surface area contributed by atoms with Crippen molar-refractivity contribution in [3.63, 3.8) is 0 Å². The first kappa shape index (κ1) is 16.4. The van der Waals surface area contributed by atoms with Gasteiger partial charge in [0.15, 0.2) is 0 Å². The topological polar surface area (TPSA) is 79.2 Å². The van der Waals surface area contributed by atoms with Gasteiger partial charge in [-0.05, 0) is 17.7 Å². The summed E-state index contributed by atoms with van der Waals surface area (Å²) in [6.07, 6.45) is 0.187. The molecule has 7 heteroatoms. The summed E-state index contributed by atoms with van der Waals surface area (Å²) in [5.41, 5.74) is 1.28. The van der Waals surface area contributed by atoms with Gasteiger partial charge in [0.05, 0.1) is 29.5 Å². The van der Waals surface area contributed by atoms with Crippen LogP contribution in [0.5, 0.6) is 0 Å². The van der Waals surface area contributed by atoms with Crippen molar-refractivity contribution in [1.29, 1.82) is 5.26 Å². The third-order valence-corrected chi connectivity index (χ3v) is 4.43. The Kier molecular flexibility index (Phi) is 5.47. The van der Waals surface area contributed by atoms with Crippen LogP contribution in [-0.4, -0.2) is 24.7 Å². The zero-order valence-electron chi connectivity index (χ0n) is 11.8. The van der Waals surface area contributed by atoms with Crippen LogP contribution in [0.1, 0.15) is 17.9 Å². The molecule has 0 saturated heterocycles. The van der Waals surface area contributed by atoms with Gasteiger partial charge in [-0.25, -0.2) is 0 Å². The smallest absolute Gasteiger partial charge is 0.316 e. The lowest BCUT2D eigenvalue weighted by Crippen LogP contribution is -2.31. The molecular formula is C15H13ClN2O3S. The predicted octanol–water partition coefficient (Wildman–Crippen LogP) is 2.58. The monoisotopic (exact) mass is 336 g/mol. The number of carbonyl (C=O) groups excluding carboxylic acids is 2. The average Bonchev–Trinajstić information content (AvgIpc) is 2.52. The lowest BCUT2D eigenvalue weighted by atomic mass is 9.87. The minimum absolute atomic E-state index is 0.0324. The Morgan fingerprint density at radius 3 is 2.77 bits per heavy atom. The lowest BCUT2D eigenvalue weighted by Gasteiger charge is -2.24. The number of benzene rings is 1. The molecule has 1 amide bonds. The van der Waals surface area contributed by atoms with Crippen molar-refractivity contribution in [2.75, 3.05) is 12.9 Å². The van der Waals surface area contributed by atoms with E-state index < -0.39 is 5.97 Å². The Morgan fingerprint density at radius 1 is 1.50 bits per heavy atom. The molecule has 1 atom stereocenters. The maximum Gasteiger partial charge on any atom is 0.316 e. The third kappa shape index (κ3) is 3.81. The van der Waals surface area contributed by atoms with Gasteiger partial charge >= 0.3 is 5.97 Å². The Morgan fingerprint density at radius 2 is 2.18 bits per heavy atom. The molecule has 1 aromatic carbocycles. The number of nitriles is 1. The van der Waals surface area contributed by atoms with Crippen molar-refractivity contribution < 1.29 is 14.3 Å². The number of carbonyl (C=O) groups is 2. The SMILES string of the molecule is COC(=O)CSC1=C(C#N)C(c2ccc(Cl)cc2)CC(=O)N1. The van der Waals surface area contributed by atoms with Crippen molar-refractivity contribution in [2.24, 2.45) is 0 Å². The van der Waals surface area contributed by atoms with Crippen molar-refractivity contribution in [2.45, 2.75) is 12.3 Å². The highest BCUT2D eigenvalue weighted by molar-refractivity contribution is 8.03. The number of rotatable bonds is 4. The number of amides is 1. The normalized spacial score (nSPS) is 17.7. The number of halogens is 1. The van der Waals surface area contributed by atoms with E-state index in [1.54, 1.807) is 24.3 Å². The van der Waals surface area contributed by atoms with Gasteiger partial charge in [0, 0.05) is 17.4 Å². The van der Waals surface area contributed by atoms with E-state index in [4.69, 9.17) is 11.6 Å². The highest BCUT2D eigenvalue weighted by Gasteiger charge is 2.29. The number of nitrogens with zero attached hydrogens (tertiary/aromatic N) is 1. The van der Waals surface area contributed by atoms with E-state index in [2.05, 4.69) is 16.1 Å². The van der Waals surface area contributed by atoms with E-state index in [9.17, 15) is 14.9 Å². The molecule has 1 aliphatic rings. The molecule has 22 heavy (non-hydrogen) atoms. The molecule has 0 aromatic heterocycles. The third-order valence-electron chi connectivity index (χ3n) is 3.19. The maximum atomic E-state index is 11.9. The number of methoxy groups -OCH3 is 1. The first-order valence-electron chi connectivity index (χ1n) is 6.44. The summed E-state index contributed by atoms with van der Waals surface area (Å²) in [5.74, 6) is -0.912. The molecule has 1 heterocycles. The number of esters is 1. The molecule has 0 spiro atoms.